The summed E-state index contributed by atoms with van der Waals surface area (Å²) in [5.41, 5.74) is 7.20. The van der Waals surface area contributed by atoms with E-state index in [2.05, 4.69) is 75.4 Å². The Labute approximate surface area is 138 Å². The summed E-state index contributed by atoms with van der Waals surface area (Å²) in [5, 5.41) is 0. The summed E-state index contributed by atoms with van der Waals surface area (Å²) in [6.07, 6.45) is 0. The molecule has 0 aromatic heterocycles. The van der Waals surface area contributed by atoms with E-state index < -0.39 is 0 Å². The first-order chi connectivity index (χ1) is 11.1. The van der Waals surface area contributed by atoms with Gasteiger partial charge < -0.3 is 4.74 Å². The van der Waals surface area contributed by atoms with Crippen LogP contribution in [-0.4, -0.2) is 0 Å². The molecule has 0 aliphatic carbocycles. The molecule has 1 radical (unpaired) electrons. The van der Waals surface area contributed by atoms with Crippen molar-refractivity contribution in [2.24, 2.45) is 0 Å². The van der Waals surface area contributed by atoms with Gasteiger partial charge in [-0.2, -0.15) is 0 Å². The summed E-state index contributed by atoms with van der Waals surface area (Å²) in [6.45, 7) is 6.88. The van der Waals surface area contributed by atoms with Crippen molar-refractivity contribution in [1.82, 2.24) is 0 Å². The molecular formula is C22H21O. The van der Waals surface area contributed by atoms with Gasteiger partial charge in [-0.3, -0.25) is 0 Å². The average molecular weight is 301 g/mol. The van der Waals surface area contributed by atoms with Crippen LogP contribution in [0.25, 0.3) is 11.1 Å². The van der Waals surface area contributed by atoms with E-state index in [1.54, 1.807) is 0 Å². The minimum absolute atomic E-state index is 0.588. The van der Waals surface area contributed by atoms with E-state index >= 15 is 0 Å². The predicted octanol–water partition coefficient (Wildman–Crippen LogP) is 5.66. The SMILES string of the molecule is Cc1cccc(COc2cc(C)cc(-c3c[c]cc(C)c3)c2)c1. The summed E-state index contributed by atoms with van der Waals surface area (Å²) in [5.74, 6) is 0.906. The lowest BCUT2D eigenvalue weighted by Gasteiger charge is -2.11. The van der Waals surface area contributed by atoms with E-state index in [1.807, 2.05) is 12.1 Å². The van der Waals surface area contributed by atoms with Crippen molar-refractivity contribution in [3.63, 3.8) is 0 Å². The maximum absolute atomic E-state index is 6.01. The van der Waals surface area contributed by atoms with Crippen molar-refractivity contribution in [1.29, 1.82) is 0 Å². The zero-order valence-corrected chi connectivity index (χ0v) is 13.9. The third-order valence-corrected chi connectivity index (χ3v) is 3.81. The molecule has 0 aliphatic heterocycles. The number of hydrogen-bond donors (Lipinski definition) is 0. The molecule has 0 saturated carbocycles. The van der Waals surface area contributed by atoms with Crippen LogP contribution in [0.3, 0.4) is 0 Å². The van der Waals surface area contributed by atoms with E-state index in [4.69, 9.17) is 4.74 Å². The molecule has 0 fully saturated rings. The number of benzene rings is 3. The molecule has 0 N–H and O–H groups in total. The van der Waals surface area contributed by atoms with Crippen LogP contribution in [0.1, 0.15) is 22.3 Å². The zero-order chi connectivity index (χ0) is 16.2. The Balaban J connectivity index is 1.83. The van der Waals surface area contributed by atoms with Crippen molar-refractivity contribution in [2.45, 2.75) is 27.4 Å². The monoisotopic (exact) mass is 301 g/mol. The lowest BCUT2D eigenvalue weighted by atomic mass is 10.0. The van der Waals surface area contributed by atoms with Crippen molar-refractivity contribution >= 4 is 0 Å². The van der Waals surface area contributed by atoms with Gasteiger partial charge in [0.05, 0.1) is 0 Å². The standard InChI is InChI=1S/C22H21O/c1-16-6-4-8-19(10-16)15-23-22-13-18(3)12-21(14-22)20-9-5-7-17(2)11-20/h4,6-14H,15H2,1-3H3. The van der Waals surface area contributed by atoms with Gasteiger partial charge >= 0.3 is 0 Å². The highest BCUT2D eigenvalue weighted by Gasteiger charge is 2.04. The van der Waals surface area contributed by atoms with Gasteiger partial charge in [-0.05, 0) is 72.9 Å². The Bertz CT molecular complexity index is 818. The molecule has 3 rings (SSSR count). The Morgan fingerprint density at radius 2 is 1.61 bits per heavy atom. The quantitative estimate of drug-likeness (QED) is 0.604. The third kappa shape index (κ3) is 4.01. The van der Waals surface area contributed by atoms with Crippen LogP contribution in [0.2, 0.25) is 0 Å². The number of rotatable bonds is 4. The molecule has 115 valence electrons. The van der Waals surface area contributed by atoms with Crippen LogP contribution in [0.15, 0.2) is 60.7 Å². The van der Waals surface area contributed by atoms with Gasteiger partial charge in [-0.15, -0.1) is 0 Å². The molecule has 0 spiro atoms. The van der Waals surface area contributed by atoms with Crippen LogP contribution < -0.4 is 4.74 Å². The van der Waals surface area contributed by atoms with Crippen LogP contribution in [0.5, 0.6) is 5.75 Å². The molecule has 0 amide bonds. The van der Waals surface area contributed by atoms with Gasteiger partial charge in [0.25, 0.3) is 0 Å². The molecule has 0 aliphatic rings. The lowest BCUT2D eigenvalue weighted by molar-refractivity contribution is 0.306. The van der Waals surface area contributed by atoms with Crippen LogP contribution in [0.4, 0.5) is 0 Å². The summed E-state index contributed by atoms with van der Waals surface area (Å²) < 4.78 is 6.01. The van der Waals surface area contributed by atoms with E-state index in [9.17, 15) is 0 Å². The van der Waals surface area contributed by atoms with Gasteiger partial charge in [0.1, 0.15) is 12.4 Å². The molecule has 0 atom stereocenters. The fraction of sp³-hybridized carbons (Fsp3) is 0.182. The van der Waals surface area contributed by atoms with E-state index in [1.165, 1.54) is 33.4 Å². The Morgan fingerprint density at radius 3 is 2.39 bits per heavy atom. The number of aryl methyl sites for hydroxylation is 3. The fourth-order valence-corrected chi connectivity index (χ4v) is 2.72. The Kier molecular flexibility index (Phi) is 4.47. The number of ether oxygens (including phenoxy) is 1. The Hall–Kier alpha value is -2.54. The highest BCUT2D eigenvalue weighted by molar-refractivity contribution is 5.66. The van der Waals surface area contributed by atoms with Crippen LogP contribution in [0, 0.1) is 26.8 Å². The smallest absolute Gasteiger partial charge is 0.120 e. The van der Waals surface area contributed by atoms with Gasteiger partial charge in [0.2, 0.25) is 0 Å². The van der Waals surface area contributed by atoms with Gasteiger partial charge in [-0.1, -0.05) is 48.0 Å². The van der Waals surface area contributed by atoms with Crippen LogP contribution in [-0.2, 0) is 6.61 Å². The zero-order valence-electron chi connectivity index (χ0n) is 13.9. The molecule has 0 unspecified atom stereocenters. The minimum atomic E-state index is 0.588. The minimum Gasteiger partial charge on any atom is -0.489 e. The van der Waals surface area contributed by atoms with Crippen molar-refractivity contribution in [3.8, 4) is 16.9 Å². The van der Waals surface area contributed by atoms with Crippen molar-refractivity contribution in [3.05, 3.63) is 89.0 Å². The Morgan fingerprint density at radius 1 is 0.783 bits per heavy atom. The van der Waals surface area contributed by atoms with E-state index in [-0.39, 0.29) is 0 Å². The first-order valence-electron chi connectivity index (χ1n) is 7.88. The summed E-state index contributed by atoms with van der Waals surface area (Å²) in [7, 11) is 0. The molecule has 23 heavy (non-hydrogen) atoms. The molecule has 3 aromatic carbocycles. The van der Waals surface area contributed by atoms with E-state index in [0.29, 0.717) is 6.61 Å². The molecular weight excluding hydrogens is 280 g/mol. The van der Waals surface area contributed by atoms with Crippen LogP contribution >= 0.6 is 0 Å². The maximum atomic E-state index is 6.01. The average Bonchev–Trinajstić information content (AvgIpc) is 2.52. The van der Waals surface area contributed by atoms with Gasteiger partial charge in [-0.25, -0.2) is 0 Å². The highest BCUT2D eigenvalue weighted by Crippen LogP contribution is 2.27. The second-order valence-electron chi connectivity index (χ2n) is 6.11. The lowest BCUT2D eigenvalue weighted by Crippen LogP contribution is -1.96. The van der Waals surface area contributed by atoms with Crippen molar-refractivity contribution < 1.29 is 4.74 Å². The summed E-state index contributed by atoms with van der Waals surface area (Å²) >= 11 is 0. The van der Waals surface area contributed by atoms with Gasteiger partial charge in [0, 0.05) is 0 Å². The van der Waals surface area contributed by atoms with Crippen molar-refractivity contribution in [2.75, 3.05) is 0 Å². The van der Waals surface area contributed by atoms with Gasteiger partial charge in [0.15, 0.2) is 0 Å². The second-order valence-corrected chi connectivity index (χ2v) is 6.11. The summed E-state index contributed by atoms with van der Waals surface area (Å²) in [4.78, 5) is 0. The normalized spacial score (nSPS) is 10.6. The van der Waals surface area contributed by atoms with E-state index in [0.717, 1.165) is 5.75 Å². The number of hydrogen-bond acceptors (Lipinski definition) is 1. The molecule has 0 heterocycles. The first-order valence-corrected chi connectivity index (χ1v) is 7.88. The molecule has 1 nitrogen and oxygen atoms in total. The molecule has 0 saturated heterocycles. The molecule has 3 aromatic rings. The second kappa shape index (κ2) is 6.70. The molecule has 1 heteroatoms. The molecule has 0 bridgehead atoms. The fourth-order valence-electron chi connectivity index (χ4n) is 2.72. The predicted molar refractivity (Wildman–Crippen MR) is 95.7 cm³/mol. The third-order valence-electron chi connectivity index (χ3n) is 3.81. The maximum Gasteiger partial charge on any atom is 0.120 e. The highest BCUT2D eigenvalue weighted by atomic mass is 16.5. The largest absolute Gasteiger partial charge is 0.489 e. The summed E-state index contributed by atoms with van der Waals surface area (Å²) in [6, 6.07) is 24.2. The first kappa shape index (κ1) is 15.4. The topological polar surface area (TPSA) is 9.23 Å².